The van der Waals surface area contributed by atoms with E-state index in [0.717, 1.165) is 62.4 Å². The van der Waals surface area contributed by atoms with Crippen molar-refractivity contribution < 1.29 is 4.39 Å². The van der Waals surface area contributed by atoms with Crippen molar-refractivity contribution in [1.29, 1.82) is 0 Å². The summed E-state index contributed by atoms with van der Waals surface area (Å²) >= 11 is 0. The molecule has 3 heterocycles. The first-order valence-electron chi connectivity index (χ1n) is 13.8. The second-order valence-corrected chi connectivity index (χ2v) is 13.3. The van der Waals surface area contributed by atoms with Gasteiger partial charge in [-0.3, -0.25) is 14.8 Å². The molecule has 218 valence electrons. The van der Waals surface area contributed by atoms with E-state index in [1.54, 1.807) is 18.3 Å². The zero-order valence-electron chi connectivity index (χ0n) is 25.0. The van der Waals surface area contributed by atoms with E-state index in [1.807, 2.05) is 44.4 Å². The lowest BCUT2D eigenvalue weighted by atomic mass is 9.95. The van der Waals surface area contributed by atoms with Gasteiger partial charge in [-0.25, -0.2) is 9.37 Å². The number of nitrogens with zero attached hydrogens (tertiary/aromatic N) is 3. The molecule has 0 radical (unpaired) electrons. The molecule has 0 unspecified atom stereocenters. The molecule has 1 aromatic carbocycles. The zero-order chi connectivity index (χ0) is 30.4. The minimum atomic E-state index is -1.44. The van der Waals surface area contributed by atoms with Crippen LogP contribution >= 0.6 is 9.39 Å². The summed E-state index contributed by atoms with van der Waals surface area (Å²) in [4.78, 5) is 12.6. The standard InChI is InChI=1S/C34H39FN6S/c1-9-22(4)12-13-28(26-16-24(17-27(35)18-26)20-37-42(6,7)8)29-19-32(38-23(29)5)34-33-31(40-41-34)15-14-30(39-33)25(10-2)21-36-11-3/h10-19,21,37-38H,3,6-7,9,20H2,1-2,4-5,8H3,(H,40,41)/b22-12+,25-10+,28-13-,36-21?. The minimum absolute atomic E-state index is 0.292. The van der Waals surface area contributed by atoms with Gasteiger partial charge in [0.15, 0.2) is 0 Å². The maximum atomic E-state index is 15.0. The number of fused-ring (bicyclic) bond motifs is 1. The number of allylic oxidation sites excluding steroid dienone is 5. The van der Waals surface area contributed by atoms with Crippen molar-refractivity contribution in [2.75, 3.05) is 6.26 Å². The van der Waals surface area contributed by atoms with Crippen molar-refractivity contribution in [2.24, 2.45) is 4.99 Å². The minimum Gasteiger partial charge on any atom is -0.357 e. The number of aromatic nitrogens is 4. The highest BCUT2D eigenvalue weighted by Crippen LogP contribution is 2.33. The molecule has 0 aliphatic heterocycles. The van der Waals surface area contributed by atoms with Gasteiger partial charge in [0.1, 0.15) is 17.0 Å². The van der Waals surface area contributed by atoms with Crippen LogP contribution in [0.15, 0.2) is 78.0 Å². The zero-order valence-corrected chi connectivity index (χ0v) is 25.8. The van der Waals surface area contributed by atoms with Crippen molar-refractivity contribution in [3.05, 3.63) is 107 Å². The molecule has 8 heteroatoms. The van der Waals surface area contributed by atoms with Gasteiger partial charge in [0.05, 0.1) is 16.9 Å². The molecule has 0 saturated heterocycles. The number of aliphatic imine (C=N–C) groups is 1. The predicted molar refractivity (Wildman–Crippen MR) is 183 cm³/mol. The molecule has 4 aromatic rings. The van der Waals surface area contributed by atoms with Gasteiger partial charge in [0.2, 0.25) is 0 Å². The monoisotopic (exact) mass is 582 g/mol. The molecular weight excluding hydrogens is 543 g/mol. The first kappa shape index (κ1) is 30.7. The Kier molecular flexibility index (Phi) is 9.60. The van der Waals surface area contributed by atoms with Crippen LogP contribution in [0.5, 0.6) is 0 Å². The molecule has 6 nitrogen and oxygen atoms in total. The van der Waals surface area contributed by atoms with E-state index in [-0.39, 0.29) is 5.82 Å². The van der Waals surface area contributed by atoms with Crippen LogP contribution < -0.4 is 4.72 Å². The summed E-state index contributed by atoms with van der Waals surface area (Å²) in [6.45, 7) is 12.3. The Hall–Kier alpha value is -4.27. The Morgan fingerprint density at radius 3 is 2.64 bits per heavy atom. The van der Waals surface area contributed by atoms with Crippen LogP contribution in [0.3, 0.4) is 0 Å². The maximum Gasteiger partial charge on any atom is 0.135 e. The lowest BCUT2D eigenvalue weighted by Crippen LogP contribution is -2.08. The highest BCUT2D eigenvalue weighted by Gasteiger charge is 2.18. The number of H-pyrrole nitrogens is 2. The second kappa shape index (κ2) is 13.1. The van der Waals surface area contributed by atoms with Gasteiger partial charge in [0.25, 0.3) is 0 Å². The summed E-state index contributed by atoms with van der Waals surface area (Å²) in [5.74, 6) is 7.87. The third-order valence-electron chi connectivity index (χ3n) is 6.88. The molecule has 0 bridgehead atoms. The topological polar surface area (TPSA) is 81.8 Å². The van der Waals surface area contributed by atoms with Gasteiger partial charge in [-0.1, -0.05) is 49.0 Å². The van der Waals surface area contributed by atoms with E-state index in [1.165, 1.54) is 11.8 Å². The molecule has 0 atom stereocenters. The van der Waals surface area contributed by atoms with Crippen molar-refractivity contribution in [3.63, 3.8) is 0 Å². The van der Waals surface area contributed by atoms with Gasteiger partial charge >= 0.3 is 0 Å². The summed E-state index contributed by atoms with van der Waals surface area (Å²) < 4.78 is 18.3. The first-order chi connectivity index (χ1) is 20.0. The van der Waals surface area contributed by atoms with Crippen molar-refractivity contribution in [2.45, 2.75) is 40.7 Å². The third kappa shape index (κ3) is 7.32. The molecule has 0 saturated carbocycles. The number of halogens is 1. The average molecular weight is 583 g/mol. The molecule has 3 aromatic heterocycles. The fourth-order valence-electron chi connectivity index (χ4n) is 4.48. The Balaban J connectivity index is 1.83. The van der Waals surface area contributed by atoms with E-state index in [0.29, 0.717) is 12.2 Å². The van der Waals surface area contributed by atoms with E-state index < -0.39 is 9.39 Å². The van der Waals surface area contributed by atoms with E-state index >= 15 is 0 Å². The van der Waals surface area contributed by atoms with Gasteiger partial charge < -0.3 is 4.98 Å². The summed E-state index contributed by atoms with van der Waals surface area (Å²) in [6.07, 6.45) is 12.2. The first-order valence-corrected chi connectivity index (χ1v) is 16.1. The van der Waals surface area contributed by atoms with Crippen molar-refractivity contribution in [3.8, 4) is 11.4 Å². The number of pyridine rings is 1. The number of hydrogen-bond acceptors (Lipinski definition) is 4. The summed E-state index contributed by atoms with van der Waals surface area (Å²) in [7, 11) is -1.44. The van der Waals surface area contributed by atoms with Crippen molar-refractivity contribution >= 4 is 49.5 Å². The number of aromatic amines is 2. The number of benzene rings is 1. The largest absolute Gasteiger partial charge is 0.357 e. The Morgan fingerprint density at radius 1 is 1.17 bits per heavy atom. The molecule has 0 amide bonds. The van der Waals surface area contributed by atoms with E-state index in [4.69, 9.17) is 4.98 Å². The fourth-order valence-corrected chi connectivity index (χ4v) is 5.00. The SMILES string of the molecule is C=CN=C/C(=C\C)c1ccc2[nH]nc(-c3cc(/C(=C\C=C(/C)CC)c4cc(F)cc(CNS(=C)(=C)C)c4)c(C)[nH]3)c2n1. The summed E-state index contributed by atoms with van der Waals surface area (Å²) in [5.41, 5.74) is 10.4. The van der Waals surface area contributed by atoms with Crippen LogP contribution in [0, 0.1) is 12.7 Å². The third-order valence-corrected chi connectivity index (χ3v) is 7.72. The average Bonchev–Trinajstić information content (AvgIpc) is 3.54. The predicted octanol–water partition coefficient (Wildman–Crippen LogP) is 8.11. The number of rotatable bonds is 11. The van der Waals surface area contributed by atoms with Crippen LogP contribution in [-0.2, 0) is 6.54 Å². The van der Waals surface area contributed by atoms with Crippen LogP contribution in [0.1, 0.15) is 55.3 Å². The second-order valence-electron chi connectivity index (χ2n) is 10.5. The Morgan fingerprint density at radius 2 is 1.95 bits per heavy atom. The highest BCUT2D eigenvalue weighted by molar-refractivity contribution is 8.25. The van der Waals surface area contributed by atoms with Gasteiger partial charge in [-0.2, -0.15) is 14.5 Å². The molecule has 42 heavy (non-hydrogen) atoms. The molecule has 0 aliphatic carbocycles. The number of hydrogen-bond donors (Lipinski definition) is 3. The quantitative estimate of drug-likeness (QED) is 0.0949. The van der Waals surface area contributed by atoms with Gasteiger partial charge in [-0.05, 0) is 86.5 Å². The fraction of sp³-hybridized carbons (Fsp3) is 0.206. The Labute approximate surface area is 248 Å². The van der Waals surface area contributed by atoms with Crippen LogP contribution in [0.4, 0.5) is 4.39 Å². The normalized spacial score (nSPS) is 13.4. The van der Waals surface area contributed by atoms with Crippen LogP contribution in [-0.4, -0.2) is 44.4 Å². The number of nitrogens with one attached hydrogen (secondary N) is 3. The summed E-state index contributed by atoms with van der Waals surface area (Å²) in [6, 6.07) is 11.1. The van der Waals surface area contributed by atoms with Crippen molar-refractivity contribution in [1.82, 2.24) is 24.9 Å². The van der Waals surface area contributed by atoms with E-state index in [2.05, 4.69) is 75.3 Å². The lowest BCUT2D eigenvalue weighted by Gasteiger charge is -2.13. The van der Waals surface area contributed by atoms with Crippen LogP contribution in [0.25, 0.3) is 33.6 Å². The Bertz CT molecular complexity index is 1850. The molecule has 0 spiro atoms. The highest BCUT2D eigenvalue weighted by atomic mass is 32.2. The molecule has 0 aliphatic rings. The molecule has 4 rings (SSSR count). The summed E-state index contributed by atoms with van der Waals surface area (Å²) in [5, 5.41) is 7.71. The molecule has 3 N–H and O–H groups in total. The lowest BCUT2D eigenvalue weighted by molar-refractivity contribution is 0.624. The van der Waals surface area contributed by atoms with Gasteiger partial charge in [-0.15, -0.1) is 0 Å². The smallest absolute Gasteiger partial charge is 0.135 e. The van der Waals surface area contributed by atoms with Gasteiger partial charge in [0, 0.05) is 35.8 Å². The maximum absolute atomic E-state index is 15.0. The molecule has 0 fully saturated rings. The molecular formula is C34H39FN6S. The van der Waals surface area contributed by atoms with E-state index in [9.17, 15) is 4.39 Å². The number of aryl methyl sites for hydroxylation is 1. The van der Waals surface area contributed by atoms with Crippen LogP contribution in [0.2, 0.25) is 0 Å².